The van der Waals surface area contributed by atoms with E-state index in [1.165, 1.54) is 4.90 Å². The van der Waals surface area contributed by atoms with E-state index in [1.807, 2.05) is 0 Å². The minimum absolute atomic E-state index is 0.281. The van der Waals surface area contributed by atoms with Gasteiger partial charge in [0, 0.05) is 34.9 Å². The number of nitrogens with one attached hydrogen (secondary N) is 1. The predicted octanol–water partition coefficient (Wildman–Crippen LogP) is -0.927. The van der Waals surface area contributed by atoms with Crippen molar-refractivity contribution in [2.45, 2.75) is 0 Å². The van der Waals surface area contributed by atoms with E-state index in [4.69, 9.17) is 0 Å². The molecule has 0 aromatic heterocycles. The second kappa shape index (κ2) is 3.66. The first kappa shape index (κ1) is 10.2. The van der Waals surface area contributed by atoms with Crippen molar-refractivity contribution in [3.63, 3.8) is 0 Å². The molecule has 0 aromatic rings. The molecule has 1 N–H and O–H groups in total. The zero-order chi connectivity index (χ0) is 11.0. The van der Waals surface area contributed by atoms with E-state index in [-0.39, 0.29) is 30.8 Å². The summed E-state index contributed by atoms with van der Waals surface area (Å²) in [7, 11) is 0. The summed E-state index contributed by atoms with van der Waals surface area (Å²) in [6, 6.07) is 0. The van der Waals surface area contributed by atoms with E-state index in [0.717, 1.165) is 0 Å². The highest BCUT2D eigenvalue weighted by Crippen LogP contribution is 2.27. The van der Waals surface area contributed by atoms with Crippen molar-refractivity contribution in [2.24, 2.45) is 11.8 Å². The van der Waals surface area contributed by atoms with Crippen molar-refractivity contribution in [3.8, 4) is 10.8 Å². The fourth-order valence-electron chi connectivity index (χ4n) is 1.93. The van der Waals surface area contributed by atoms with Crippen molar-refractivity contribution in [2.75, 3.05) is 13.1 Å². The van der Waals surface area contributed by atoms with Crippen LogP contribution in [-0.4, -0.2) is 35.7 Å². The van der Waals surface area contributed by atoms with E-state index in [9.17, 15) is 14.4 Å². The summed E-state index contributed by atoms with van der Waals surface area (Å²) in [5, 5.41) is 2.25. The number of amides is 3. The molecule has 15 heavy (non-hydrogen) atoms. The maximum absolute atomic E-state index is 11.4. The van der Waals surface area contributed by atoms with Gasteiger partial charge in [-0.2, -0.15) is 0 Å². The van der Waals surface area contributed by atoms with E-state index in [0.29, 0.717) is 0 Å². The minimum Gasteiger partial charge on any atom is -0.330 e. The number of fused-ring (bicyclic) bond motifs is 1. The molecule has 2 aliphatic heterocycles. The Balaban J connectivity index is 2.12. The molecule has 0 saturated carbocycles. The SMILES string of the molecule is O=C1NC(=O)C2CN(C(=O)C#CBr)CC12. The van der Waals surface area contributed by atoms with Gasteiger partial charge in [0.15, 0.2) is 0 Å². The number of carbonyl (C=O) groups excluding carboxylic acids is 3. The topological polar surface area (TPSA) is 66.5 Å². The van der Waals surface area contributed by atoms with Crippen LogP contribution in [0.4, 0.5) is 0 Å². The predicted molar refractivity (Wildman–Crippen MR) is 53.4 cm³/mol. The third-order valence-corrected chi connectivity index (χ3v) is 2.88. The molecule has 6 heteroatoms. The first-order chi connectivity index (χ1) is 7.13. The van der Waals surface area contributed by atoms with E-state index in [2.05, 4.69) is 32.0 Å². The van der Waals surface area contributed by atoms with Crippen LogP contribution in [0.25, 0.3) is 0 Å². The van der Waals surface area contributed by atoms with Crippen molar-refractivity contribution < 1.29 is 14.4 Å². The van der Waals surface area contributed by atoms with Crippen LogP contribution in [0.2, 0.25) is 0 Å². The molecule has 2 saturated heterocycles. The Bertz CT molecular complexity index is 387. The van der Waals surface area contributed by atoms with E-state index >= 15 is 0 Å². The Morgan fingerprint density at radius 3 is 2.33 bits per heavy atom. The molecule has 0 aliphatic carbocycles. The van der Waals surface area contributed by atoms with Gasteiger partial charge in [0.25, 0.3) is 5.91 Å². The second-order valence-corrected chi connectivity index (χ2v) is 3.89. The molecule has 2 aliphatic rings. The van der Waals surface area contributed by atoms with Crippen LogP contribution in [0.1, 0.15) is 0 Å². The summed E-state index contributed by atoms with van der Waals surface area (Å²) in [5.74, 6) is 0.607. The lowest BCUT2D eigenvalue weighted by Crippen LogP contribution is -2.34. The van der Waals surface area contributed by atoms with Gasteiger partial charge in [-0.05, 0) is 4.83 Å². The zero-order valence-electron chi connectivity index (χ0n) is 7.62. The average Bonchev–Trinajstić information content (AvgIpc) is 2.70. The lowest BCUT2D eigenvalue weighted by Gasteiger charge is -2.12. The van der Waals surface area contributed by atoms with Gasteiger partial charge in [0.05, 0.1) is 11.8 Å². The summed E-state index contributed by atoms with van der Waals surface area (Å²) in [6.07, 6.45) is 0. The Kier molecular flexibility index (Phi) is 2.49. The largest absolute Gasteiger partial charge is 0.330 e. The summed E-state index contributed by atoms with van der Waals surface area (Å²) < 4.78 is 0. The quantitative estimate of drug-likeness (QED) is 0.457. The second-order valence-electron chi connectivity index (χ2n) is 3.50. The number of carbonyl (C=O) groups is 3. The molecule has 5 nitrogen and oxygen atoms in total. The van der Waals surface area contributed by atoms with Gasteiger partial charge >= 0.3 is 0 Å². The molecule has 2 unspecified atom stereocenters. The lowest BCUT2D eigenvalue weighted by atomic mass is 10.00. The third kappa shape index (κ3) is 1.63. The van der Waals surface area contributed by atoms with Gasteiger partial charge in [-0.1, -0.05) is 0 Å². The number of likely N-dealkylation sites (tertiary alicyclic amines) is 1. The van der Waals surface area contributed by atoms with E-state index < -0.39 is 11.8 Å². The number of hydrogen-bond acceptors (Lipinski definition) is 3. The molecule has 0 radical (unpaired) electrons. The molecule has 2 atom stereocenters. The van der Waals surface area contributed by atoms with Crippen molar-refractivity contribution in [3.05, 3.63) is 0 Å². The fraction of sp³-hybridized carbons (Fsp3) is 0.444. The van der Waals surface area contributed by atoms with Crippen LogP contribution in [-0.2, 0) is 14.4 Å². The zero-order valence-corrected chi connectivity index (χ0v) is 9.20. The number of rotatable bonds is 0. The molecular weight excluding hydrogens is 264 g/mol. The van der Waals surface area contributed by atoms with Crippen molar-refractivity contribution >= 4 is 33.7 Å². The highest BCUT2D eigenvalue weighted by Gasteiger charge is 2.48. The summed E-state index contributed by atoms with van der Waals surface area (Å²) >= 11 is 2.83. The standard InChI is InChI=1S/C9H7BrN2O3/c10-2-1-7(13)12-3-5-6(4-12)9(15)11-8(5)14/h5-6H,3-4H2,(H,11,14,15). The van der Waals surface area contributed by atoms with Gasteiger partial charge < -0.3 is 4.90 Å². The number of halogens is 1. The third-order valence-electron chi connectivity index (χ3n) is 2.68. The Morgan fingerprint density at radius 1 is 1.33 bits per heavy atom. The summed E-state index contributed by atoms with van der Waals surface area (Å²) in [4.78, 5) is 37.7. The van der Waals surface area contributed by atoms with Crippen molar-refractivity contribution in [1.29, 1.82) is 0 Å². The molecule has 2 fully saturated rings. The molecule has 0 spiro atoms. The Labute approximate surface area is 94.3 Å². The van der Waals surface area contributed by atoms with Crippen LogP contribution in [0.15, 0.2) is 0 Å². The molecule has 0 bridgehead atoms. The van der Waals surface area contributed by atoms with Gasteiger partial charge in [0.1, 0.15) is 0 Å². The van der Waals surface area contributed by atoms with Gasteiger partial charge in [0.2, 0.25) is 11.8 Å². The summed E-state index contributed by atoms with van der Waals surface area (Å²) in [5.41, 5.74) is 0. The fourth-order valence-corrected chi connectivity index (χ4v) is 2.10. The monoisotopic (exact) mass is 270 g/mol. The van der Waals surface area contributed by atoms with Crippen LogP contribution < -0.4 is 5.32 Å². The average molecular weight is 271 g/mol. The molecule has 78 valence electrons. The molecule has 2 heterocycles. The minimum atomic E-state index is -0.390. The normalized spacial score (nSPS) is 28.2. The lowest BCUT2D eigenvalue weighted by molar-refractivity contribution is -0.128. The maximum Gasteiger partial charge on any atom is 0.299 e. The maximum atomic E-state index is 11.4. The summed E-state index contributed by atoms with van der Waals surface area (Å²) in [6.45, 7) is 0.561. The molecule has 0 aromatic carbocycles. The van der Waals surface area contributed by atoms with Gasteiger partial charge in [-0.3, -0.25) is 19.7 Å². The van der Waals surface area contributed by atoms with Gasteiger partial charge in [-0.15, -0.1) is 0 Å². The highest BCUT2D eigenvalue weighted by atomic mass is 79.9. The first-order valence-corrected chi connectivity index (χ1v) is 5.18. The van der Waals surface area contributed by atoms with Crippen molar-refractivity contribution in [1.82, 2.24) is 10.2 Å². The number of hydrogen-bond donors (Lipinski definition) is 1. The molecule has 3 amide bonds. The van der Waals surface area contributed by atoms with Crippen LogP contribution >= 0.6 is 15.9 Å². The van der Waals surface area contributed by atoms with Gasteiger partial charge in [-0.25, -0.2) is 0 Å². The molecule has 2 rings (SSSR count). The number of imide groups is 1. The van der Waals surface area contributed by atoms with Crippen LogP contribution in [0.5, 0.6) is 0 Å². The Hall–Kier alpha value is -1.35. The number of nitrogens with zero attached hydrogens (tertiary/aromatic N) is 1. The van der Waals surface area contributed by atoms with E-state index in [1.54, 1.807) is 0 Å². The Morgan fingerprint density at radius 2 is 1.87 bits per heavy atom. The first-order valence-electron chi connectivity index (χ1n) is 4.38. The smallest absolute Gasteiger partial charge is 0.299 e. The van der Waals surface area contributed by atoms with Crippen LogP contribution in [0, 0.1) is 22.6 Å². The highest BCUT2D eigenvalue weighted by molar-refractivity contribution is 9.12. The molecular formula is C9H7BrN2O3. The van der Waals surface area contributed by atoms with Crippen LogP contribution in [0.3, 0.4) is 0 Å².